The van der Waals surface area contributed by atoms with Crippen LogP contribution in [0, 0.1) is 5.92 Å². The molecule has 7 nitrogen and oxygen atoms in total. The molecular formula is C26H37N5O2. The molecule has 2 fully saturated rings. The predicted molar refractivity (Wildman–Crippen MR) is 131 cm³/mol. The van der Waals surface area contributed by atoms with Crippen molar-refractivity contribution in [2.45, 2.75) is 57.5 Å². The van der Waals surface area contributed by atoms with Crippen LogP contribution in [0.15, 0.2) is 47.4 Å². The third kappa shape index (κ3) is 6.44. The first-order chi connectivity index (χ1) is 16.1. The topological polar surface area (TPSA) is 70.5 Å². The monoisotopic (exact) mass is 451 g/mol. The second kappa shape index (κ2) is 11.5. The molecule has 7 heteroatoms. The number of carbonyl (C=O) groups is 1. The lowest BCUT2D eigenvalue weighted by molar-refractivity contribution is -0.125. The Hall–Kier alpha value is -2.67. The molecule has 178 valence electrons. The first kappa shape index (κ1) is 23.5. The Balaban J connectivity index is 1.28. The van der Waals surface area contributed by atoms with Crippen molar-refractivity contribution in [3.05, 3.63) is 58.5 Å². The third-order valence-corrected chi connectivity index (χ3v) is 7.15. The number of hydrogen-bond acceptors (Lipinski definition) is 5. The first-order valence-electron chi connectivity index (χ1n) is 12.4. The van der Waals surface area contributed by atoms with Gasteiger partial charge in [-0.1, -0.05) is 49.6 Å². The Morgan fingerprint density at radius 3 is 2.67 bits per heavy atom. The number of likely N-dealkylation sites (N-methyl/N-ethyl adjacent to an activating group) is 1. The van der Waals surface area contributed by atoms with Crippen molar-refractivity contribution in [3.8, 4) is 0 Å². The molecule has 1 aromatic carbocycles. The smallest absolute Gasteiger partial charge is 0.269 e. The summed E-state index contributed by atoms with van der Waals surface area (Å²) >= 11 is 0. The third-order valence-electron chi connectivity index (χ3n) is 7.15. The van der Waals surface area contributed by atoms with Crippen LogP contribution in [-0.2, 0) is 11.3 Å². The number of rotatable bonds is 8. The molecule has 0 bridgehead atoms. The first-order valence-corrected chi connectivity index (χ1v) is 12.4. The van der Waals surface area contributed by atoms with Crippen LogP contribution in [0.4, 0.5) is 5.69 Å². The highest BCUT2D eigenvalue weighted by Crippen LogP contribution is 2.23. The maximum atomic E-state index is 12.8. The van der Waals surface area contributed by atoms with Gasteiger partial charge in [0.05, 0.1) is 24.3 Å². The van der Waals surface area contributed by atoms with E-state index in [0.29, 0.717) is 25.7 Å². The van der Waals surface area contributed by atoms with Gasteiger partial charge in [-0.15, -0.1) is 0 Å². The fourth-order valence-corrected chi connectivity index (χ4v) is 5.10. The van der Waals surface area contributed by atoms with E-state index >= 15 is 0 Å². The molecule has 2 aliphatic rings. The Kier molecular flexibility index (Phi) is 8.15. The molecule has 1 atom stereocenters. The molecule has 1 saturated heterocycles. The summed E-state index contributed by atoms with van der Waals surface area (Å²) in [5.41, 5.74) is 1.73. The fourth-order valence-electron chi connectivity index (χ4n) is 5.10. The van der Waals surface area contributed by atoms with E-state index in [1.54, 1.807) is 12.3 Å². The molecule has 1 amide bonds. The Labute approximate surface area is 196 Å². The normalized spacial score (nSPS) is 19.6. The predicted octanol–water partition coefficient (Wildman–Crippen LogP) is 2.89. The Morgan fingerprint density at radius 1 is 1.12 bits per heavy atom. The van der Waals surface area contributed by atoms with Crippen molar-refractivity contribution >= 4 is 11.6 Å². The summed E-state index contributed by atoms with van der Waals surface area (Å²) in [4.78, 5) is 30.0. The summed E-state index contributed by atoms with van der Waals surface area (Å²) in [7, 11) is 2.18. The van der Waals surface area contributed by atoms with E-state index in [4.69, 9.17) is 0 Å². The van der Waals surface area contributed by atoms with Crippen LogP contribution >= 0.6 is 0 Å². The molecule has 0 radical (unpaired) electrons. The van der Waals surface area contributed by atoms with Crippen LogP contribution < -0.4 is 15.8 Å². The average molecular weight is 452 g/mol. The van der Waals surface area contributed by atoms with Gasteiger partial charge >= 0.3 is 0 Å². The highest BCUT2D eigenvalue weighted by Gasteiger charge is 2.26. The van der Waals surface area contributed by atoms with Crippen molar-refractivity contribution in [1.82, 2.24) is 20.0 Å². The van der Waals surface area contributed by atoms with Gasteiger partial charge in [0.1, 0.15) is 0 Å². The van der Waals surface area contributed by atoms with Gasteiger partial charge in [-0.3, -0.25) is 9.59 Å². The molecule has 2 aromatic rings. The summed E-state index contributed by atoms with van der Waals surface area (Å²) in [6.07, 6.45) is 10.1. The molecule has 1 saturated carbocycles. The molecular weight excluding hydrogens is 414 g/mol. The van der Waals surface area contributed by atoms with E-state index in [-0.39, 0.29) is 17.4 Å². The second-order valence-corrected chi connectivity index (χ2v) is 9.54. The number of carbonyl (C=O) groups excluding carboxylic acids is 1. The SMILES string of the molecule is CN(CCNC(=O)[C@@H]1CCCN(c2cnn(Cc3ccccc3)c(=O)c2)C1)C1CCCCC1. The highest BCUT2D eigenvalue weighted by molar-refractivity contribution is 5.79. The van der Waals surface area contributed by atoms with Crippen LogP contribution in [0.25, 0.3) is 0 Å². The maximum Gasteiger partial charge on any atom is 0.269 e. The molecule has 0 spiro atoms. The van der Waals surface area contributed by atoms with E-state index in [9.17, 15) is 9.59 Å². The number of nitrogens with one attached hydrogen (secondary N) is 1. The lowest BCUT2D eigenvalue weighted by Crippen LogP contribution is -2.45. The van der Waals surface area contributed by atoms with Crippen molar-refractivity contribution in [2.75, 3.05) is 38.1 Å². The molecule has 4 rings (SSSR count). The molecule has 2 heterocycles. The van der Waals surface area contributed by atoms with Gasteiger partial charge in [0.25, 0.3) is 5.56 Å². The molecule has 1 aliphatic heterocycles. The summed E-state index contributed by atoms with van der Waals surface area (Å²) < 4.78 is 1.48. The number of hydrogen-bond donors (Lipinski definition) is 1. The van der Waals surface area contributed by atoms with Crippen LogP contribution in [0.3, 0.4) is 0 Å². The second-order valence-electron chi connectivity index (χ2n) is 9.54. The minimum absolute atomic E-state index is 0.0505. The quantitative estimate of drug-likeness (QED) is 0.668. The zero-order valence-electron chi connectivity index (χ0n) is 19.8. The number of piperidine rings is 1. The number of anilines is 1. The van der Waals surface area contributed by atoms with E-state index in [0.717, 1.165) is 37.2 Å². The van der Waals surface area contributed by atoms with Gasteiger partial charge in [-0.25, -0.2) is 4.68 Å². The van der Waals surface area contributed by atoms with Crippen molar-refractivity contribution in [3.63, 3.8) is 0 Å². The average Bonchev–Trinajstić information content (AvgIpc) is 2.86. The number of nitrogens with zero attached hydrogens (tertiary/aromatic N) is 4. The van der Waals surface area contributed by atoms with Gasteiger partial charge in [-0.2, -0.15) is 5.10 Å². The molecule has 1 aromatic heterocycles. The van der Waals surface area contributed by atoms with Gasteiger partial charge in [0, 0.05) is 38.3 Å². The van der Waals surface area contributed by atoms with Crippen molar-refractivity contribution in [2.24, 2.45) is 5.92 Å². The van der Waals surface area contributed by atoms with Crippen molar-refractivity contribution < 1.29 is 4.79 Å². The molecule has 1 aliphatic carbocycles. The minimum atomic E-state index is -0.117. The van der Waals surface area contributed by atoms with Gasteiger partial charge in [0.2, 0.25) is 5.91 Å². The lowest BCUT2D eigenvalue weighted by Gasteiger charge is -2.34. The zero-order valence-corrected chi connectivity index (χ0v) is 19.8. The van der Waals surface area contributed by atoms with Crippen LogP contribution in [0.1, 0.15) is 50.5 Å². The van der Waals surface area contributed by atoms with Crippen molar-refractivity contribution in [1.29, 1.82) is 0 Å². The molecule has 1 N–H and O–H groups in total. The zero-order chi connectivity index (χ0) is 23.0. The minimum Gasteiger partial charge on any atom is -0.369 e. The highest BCUT2D eigenvalue weighted by atomic mass is 16.2. The fraction of sp³-hybridized carbons (Fsp3) is 0.577. The Bertz CT molecular complexity index is 955. The van der Waals surface area contributed by atoms with Crippen LogP contribution in [0.5, 0.6) is 0 Å². The summed E-state index contributed by atoms with van der Waals surface area (Å²) in [5, 5.41) is 7.54. The summed E-state index contributed by atoms with van der Waals surface area (Å²) in [6.45, 7) is 3.53. The van der Waals surface area contributed by atoms with E-state index in [1.165, 1.54) is 36.8 Å². The summed E-state index contributed by atoms with van der Waals surface area (Å²) in [6, 6.07) is 12.2. The van der Waals surface area contributed by atoms with Gasteiger partial charge in [-0.05, 0) is 38.3 Å². The summed E-state index contributed by atoms with van der Waals surface area (Å²) in [5.74, 6) is 0.0765. The maximum absolute atomic E-state index is 12.8. The molecule has 33 heavy (non-hydrogen) atoms. The number of amides is 1. The number of benzene rings is 1. The van der Waals surface area contributed by atoms with Gasteiger partial charge < -0.3 is 15.1 Å². The van der Waals surface area contributed by atoms with E-state index < -0.39 is 0 Å². The van der Waals surface area contributed by atoms with Crippen LogP contribution in [-0.4, -0.2) is 59.9 Å². The van der Waals surface area contributed by atoms with Crippen LogP contribution in [0.2, 0.25) is 0 Å². The standard InChI is InChI=1S/C26H37N5O2/c1-29(23-12-6-3-7-13-23)16-14-27-26(33)22-11-8-15-30(20-22)24-17-25(32)31(28-18-24)19-21-9-4-2-5-10-21/h2,4-5,9-10,17-18,22-23H,3,6-8,11-16,19-20H2,1H3,(H,27,33)/t22-/m1/s1. The molecule has 0 unspecified atom stereocenters. The lowest BCUT2D eigenvalue weighted by atomic mass is 9.94. The van der Waals surface area contributed by atoms with Gasteiger partial charge in [0.15, 0.2) is 0 Å². The Morgan fingerprint density at radius 2 is 1.91 bits per heavy atom. The largest absolute Gasteiger partial charge is 0.369 e. The van der Waals surface area contributed by atoms with E-state index in [1.807, 2.05) is 30.3 Å². The van der Waals surface area contributed by atoms with E-state index in [2.05, 4.69) is 27.3 Å². The number of aromatic nitrogens is 2.